The van der Waals surface area contributed by atoms with E-state index in [0.29, 0.717) is 0 Å². The fourth-order valence-corrected chi connectivity index (χ4v) is 8.63. The first-order chi connectivity index (χ1) is 20.0. The van der Waals surface area contributed by atoms with Crippen molar-refractivity contribution in [2.75, 3.05) is 0 Å². The summed E-state index contributed by atoms with van der Waals surface area (Å²) < 4.78 is 2.46. The van der Waals surface area contributed by atoms with Crippen molar-refractivity contribution in [3.63, 3.8) is 0 Å². The molecule has 0 amide bonds. The number of carbonyl (C=O) groups is 1. The van der Waals surface area contributed by atoms with E-state index in [-0.39, 0.29) is 43.5 Å². The quantitative estimate of drug-likeness (QED) is 0.0427. The molecule has 0 saturated carbocycles. The van der Waals surface area contributed by atoms with Crippen molar-refractivity contribution in [1.29, 1.82) is 0 Å². The number of hydrogen-bond donors (Lipinski definition) is 1. The number of benzene rings is 2. The van der Waals surface area contributed by atoms with Crippen LogP contribution in [0, 0.1) is 31.7 Å². The number of carbonyl (C=O) groups excluding carboxylic acids is 1. The van der Waals surface area contributed by atoms with Crippen LogP contribution in [0.25, 0.3) is 38.1 Å². The van der Waals surface area contributed by atoms with E-state index in [2.05, 4.69) is 86.4 Å². The number of fused-ring (bicyclic) bond motifs is 7. The number of pyridine rings is 2. The van der Waals surface area contributed by atoms with Crippen molar-refractivity contribution in [3.05, 3.63) is 77.8 Å². The zero-order chi connectivity index (χ0) is 30.8. The topological polar surface area (TPSA) is 54.6 Å². The van der Waals surface area contributed by atoms with E-state index >= 15 is 0 Å². The standard InChI is InChI=1S/C24H23N2Si.C13H24O2.Ir/c1-15-16(2)26-21-14-18-10-7-6-9-17(18)13-20(21)22-19(11-8-12-25-22)23(26)24(15)27(3,4)5;1-5-10(6-2)12(14)9-13(15)11(7-3)8-4;/h6-12,14H,1-5H3;9-11,14H,5-8H2,1-4H3;/q-1;;/b;12-9-;. The Kier molecular flexibility index (Phi) is 11.6. The molecule has 0 spiro atoms. The third kappa shape index (κ3) is 6.82. The number of aliphatic hydroxyl groups is 1. The largest absolute Gasteiger partial charge is 0.512 e. The average molecular weight is 772 g/mol. The number of hydrogen-bond acceptors (Lipinski definition) is 3. The van der Waals surface area contributed by atoms with Crippen LogP contribution in [0.4, 0.5) is 0 Å². The van der Waals surface area contributed by atoms with Gasteiger partial charge in [0.1, 0.15) is 0 Å². The minimum Gasteiger partial charge on any atom is -0.512 e. The Morgan fingerprint density at radius 3 is 2.21 bits per heavy atom. The van der Waals surface area contributed by atoms with Crippen molar-refractivity contribution in [3.8, 4) is 0 Å². The van der Waals surface area contributed by atoms with Crippen molar-refractivity contribution < 1.29 is 30.0 Å². The van der Waals surface area contributed by atoms with Crippen LogP contribution in [0.5, 0.6) is 0 Å². The molecule has 3 aromatic heterocycles. The Labute approximate surface area is 272 Å². The Morgan fingerprint density at radius 1 is 0.977 bits per heavy atom. The predicted octanol–water partition coefficient (Wildman–Crippen LogP) is 9.62. The Morgan fingerprint density at radius 2 is 1.60 bits per heavy atom. The molecular weight excluding hydrogens is 725 g/mol. The first-order valence-corrected chi connectivity index (χ1v) is 19.1. The van der Waals surface area contributed by atoms with E-state index in [1.165, 1.54) is 39.1 Å². The maximum atomic E-state index is 11.7. The smallest absolute Gasteiger partial charge is 0.162 e. The number of allylic oxidation sites excluding steroid dienone is 2. The van der Waals surface area contributed by atoms with Crippen LogP contribution < -0.4 is 5.19 Å². The van der Waals surface area contributed by atoms with Gasteiger partial charge in [-0.25, -0.2) is 0 Å². The van der Waals surface area contributed by atoms with Gasteiger partial charge in [0.2, 0.25) is 0 Å². The number of nitrogens with zero attached hydrogens (tertiary/aromatic N) is 2. The molecule has 0 aliphatic carbocycles. The molecule has 43 heavy (non-hydrogen) atoms. The molecule has 0 atom stereocenters. The van der Waals surface area contributed by atoms with Gasteiger partial charge < -0.3 is 9.51 Å². The van der Waals surface area contributed by atoms with Crippen LogP contribution >= 0.6 is 0 Å². The summed E-state index contributed by atoms with van der Waals surface area (Å²) in [6, 6.07) is 18.7. The fourth-order valence-electron chi connectivity index (χ4n) is 6.37. The molecule has 0 saturated heterocycles. The second kappa shape index (κ2) is 14.3. The number of aromatic nitrogens is 2. The average Bonchev–Trinajstić information content (AvgIpc) is 3.24. The van der Waals surface area contributed by atoms with Gasteiger partial charge in [0, 0.05) is 60.9 Å². The van der Waals surface area contributed by atoms with Gasteiger partial charge in [-0.3, -0.25) is 9.78 Å². The van der Waals surface area contributed by atoms with Crippen LogP contribution in [0.2, 0.25) is 19.6 Å². The summed E-state index contributed by atoms with van der Waals surface area (Å²) in [6.45, 7) is 19.9. The first kappa shape index (κ1) is 34.7. The van der Waals surface area contributed by atoms with E-state index in [9.17, 15) is 9.90 Å². The molecule has 1 radical (unpaired) electrons. The van der Waals surface area contributed by atoms with E-state index in [1.807, 2.05) is 33.9 Å². The van der Waals surface area contributed by atoms with Crippen molar-refractivity contribution >= 4 is 57.1 Å². The van der Waals surface area contributed by atoms with Gasteiger partial charge in [0.15, 0.2) is 5.78 Å². The Bertz CT molecular complexity index is 1770. The molecule has 231 valence electrons. The number of aliphatic hydroxyl groups excluding tert-OH is 1. The minimum absolute atomic E-state index is 0. The minimum atomic E-state index is -1.54. The summed E-state index contributed by atoms with van der Waals surface area (Å²) in [5.41, 5.74) is 6.38. The molecule has 6 heteroatoms. The molecule has 5 rings (SSSR count). The summed E-state index contributed by atoms with van der Waals surface area (Å²) in [4.78, 5) is 16.5. The summed E-state index contributed by atoms with van der Waals surface area (Å²) in [7, 11) is -1.54. The fraction of sp³-hybridized carbons (Fsp3) is 0.405. The van der Waals surface area contributed by atoms with E-state index in [4.69, 9.17) is 4.98 Å². The molecule has 3 heterocycles. The Balaban J connectivity index is 0.000000274. The van der Waals surface area contributed by atoms with Crippen LogP contribution in [0.15, 0.2) is 60.5 Å². The number of aryl methyl sites for hydroxylation is 1. The van der Waals surface area contributed by atoms with Crippen molar-refractivity contribution in [1.82, 2.24) is 9.38 Å². The van der Waals surface area contributed by atoms with Gasteiger partial charge in [0.05, 0.1) is 13.8 Å². The van der Waals surface area contributed by atoms with Crippen LogP contribution in [0.1, 0.15) is 64.6 Å². The third-order valence-corrected chi connectivity index (χ3v) is 11.0. The molecule has 0 aliphatic rings. The third-order valence-electron chi connectivity index (χ3n) is 8.85. The summed E-state index contributed by atoms with van der Waals surface area (Å²) in [6.07, 6.45) is 6.81. The number of ketones is 1. The molecule has 2 aromatic carbocycles. The van der Waals surface area contributed by atoms with Crippen LogP contribution in [-0.4, -0.2) is 28.3 Å². The van der Waals surface area contributed by atoms with Gasteiger partial charge >= 0.3 is 0 Å². The Hall–Kier alpha value is -2.79. The maximum Gasteiger partial charge on any atom is 0.162 e. The molecule has 4 nitrogen and oxygen atoms in total. The van der Waals surface area contributed by atoms with E-state index < -0.39 is 8.07 Å². The van der Waals surface area contributed by atoms with Gasteiger partial charge in [0.25, 0.3) is 0 Å². The normalized spacial score (nSPS) is 12.3. The second-order valence-corrected chi connectivity index (χ2v) is 17.5. The van der Waals surface area contributed by atoms with E-state index in [1.54, 1.807) is 5.19 Å². The molecule has 5 aromatic rings. The molecule has 0 aliphatic heterocycles. The summed E-state index contributed by atoms with van der Waals surface area (Å²) >= 11 is 0. The molecule has 0 fully saturated rings. The zero-order valence-electron chi connectivity index (χ0n) is 27.3. The molecular formula is C37H47IrN2O2Si-. The van der Waals surface area contributed by atoms with Gasteiger partial charge in [-0.05, 0) is 67.3 Å². The van der Waals surface area contributed by atoms with Crippen LogP contribution in [0.3, 0.4) is 0 Å². The van der Waals surface area contributed by atoms with E-state index in [0.717, 1.165) is 42.0 Å². The summed E-state index contributed by atoms with van der Waals surface area (Å²) in [5.74, 6) is 0.547. The first-order valence-electron chi connectivity index (χ1n) is 15.6. The van der Waals surface area contributed by atoms with Crippen LogP contribution in [-0.2, 0) is 24.9 Å². The molecule has 0 bridgehead atoms. The maximum absolute atomic E-state index is 11.7. The SMILES string of the molecule is CCC(CC)C(=O)/C=C(\O)C(CC)CC.Cc1c([Si](C)(C)C)c2c3cccnc3c3[c-]c4ccccc4cc3n2c1C.[Ir]. The summed E-state index contributed by atoms with van der Waals surface area (Å²) in [5, 5.41) is 16.0. The second-order valence-electron chi connectivity index (χ2n) is 12.5. The predicted molar refractivity (Wildman–Crippen MR) is 183 cm³/mol. The van der Waals surface area contributed by atoms with Crippen molar-refractivity contribution in [2.45, 2.75) is 86.9 Å². The molecule has 0 unspecified atom stereocenters. The van der Waals surface area contributed by atoms with Gasteiger partial charge in [-0.1, -0.05) is 88.4 Å². The van der Waals surface area contributed by atoms with Gasteiger partial charge in [-0.15, -0.1) is 17.5 Å². The monoisotopic (exact) mass is 772 g/mol. The van der Waals surface area contributed by atoms with Gasteiger partial charge in [-0.2, -0.15) is 0 Å². The zero-order valence-corrected chi connectivity index (χ0v) is 30.7. The van der Waals surface area contributed by atoms with Crippen molar-refractivity contribution in [2.24, 2.45) is 11.8 Å². The number of rotatable bonds is 8. The molecule has 1 N–H and O–H groups in total.